The Bertz CT molecular complexity index is 2050. The molecule has 0 aliphatic carbocycles. The van der Waals surface area contributed by atoms with Crippen LogP contribution in [0.4, 0.5) is 9.59 Å². The van der Waals surface area contributed by atoms with E-state index in [-0.39, 0.29) is 187 Å². The van der Waals surface area contributed by atoms with Gasteiger partial charge in [-0.05, 0) is 104 Å². The second-order valence-electron chi connectivity index (χ2n) is 14.8. The number of aliphatic hydroxyl groups excluding tert-OH is 1. The number of nitrogens with one attached hydrogen (secondary N) is 1. The number of hydrogen-bond donors (Lipinski definition) is 2. The first kappa shape index (κ1) is 55.5. The average Bonchev–Trinajstić information content (AvgIpc) is 3.14. The van der Waals surface area contributed by atoms with Crippen molar-refractivity contribution in [1.82, 2.24) is 29.3 Å². The summed E-state index contributed by atoms with van der Waals surface area (Å²) >= 11 is 9.19. The van der Waals surface area contributed by atoms with Gasteiger partial charge in [0.25, 0.3) is 12.0 Å². The third kappa shape index (κ3) is 19.3. The molecule has 20 heteroatoms. The van der Waals surface area contributed by atoms with Crippen molar-refractivity contribution in [2.75, 3.05) is 26.2 Å². The zero-order valence-corrected chi connectivity index (χ0v) is 49.2. The van der Waals surface area contributed by atoms with Gasteiger partial charge in [0.05, 0.1) is 12.3 Å². The maximum absolute atomic E-state index is 12.5. The summed E-state index contributed by atoms with van der Waals surface area (Å²) in [5.74, 6) is 0. The smallest absolute Gasteiger partial charge is 1.00 e. The molecule has 6 heterocycles. The molecule has 2 N–H and O–H groups in total. The predicted octanol–water partition coefficient (Wildman–Crippen LogP) is -0.627. The van der Waals surface area contributed by atoms with Crippen molar-refractivity contribution < 1.29 is 178 Å². The molecule has 0 aromatic carbocycles. The van der Waals surface area contributed by atoms with Gasteiger partial charge < -0.3 is 40.9 Å². The standard InChI is InChI=1S/C19H25N3O4.C10H18BrNO2.C8H5ClN2O.CH2O3.2Cs.H/c1-19(2,3)26-18(25)21-10-8-15(9-11-21)22-16(24)7-5-13-4-6-14(12-23)20-17(13)22;1-10(2,3)14-9(13)12-6-4-8(11)5-7-12;9-6-3-1-5-2-4-7(12)11-8(5)10-6;2-1-4-3;;;/h4-7,15,23H,8-12H2,1-3H3;8H,4-7H2,1-3H3;1-4H,(H,10,11,12);1,3H;;;/q;;;;2*+1;-1/p-1. The Labute approximate surface area is 469 Å². The van der Waals surface area contributed by atoms with Gasteiger partial charge in [0, 0.05) is 60.0 Å². The second-order valence-corrected chi connectivity index (χ2v) is 16.5. The van der Waals surface area contributed by atoms with Crippen LogP contribution in [0.1, 0.15) is 80.4 Å². The molecule has 2 amide bonds. The van der Waals surface area contributed by atoms with Crippen LogP contribution in [0.3, 0.4) is 0 Å². The number of alkyl halides is 1. The summed E-state index contributed by atoms with van der Waals surface area (Å²) in [4.78, 5) is 73.4. The van der Waals surface area contributed by atoms with Crippen LogP contribution in [0.5, 0.6) is 0 Å². The van der Waals surface area contributed by atoms with Crippen LogP contribution < -0.4 is 154 Å². The Morgan fingerprint density at radius 2 is 1.34 bits per heavy atom. The molecule has 2 aliphatic heterocycles. The number of piperidine rings is 2. The van der Waals surface area contributed by atoms with Crippen molar-refractivity contribution in [3.63, 3.8) is 0 Å². The number of carbonyl (C=O) groups is 3. The molecule has 4 aromatic rings. The van der Waals surface area contributed by atoms with Gasteiger partial charge in [0.2, 0.25) is 5.56 Å². The Morgan fingerprint density at radius 3 is 1.84 bits per heavy atom. The van der Waals surface area contributed by atoms with Gasteiger partial charge >= 0.3 is 150 Å². The van der Waals surface area contributed by atoms with Gasteiger partial charge in [-0.2, -0.15) is 0 Å². The van der Waals surface area contributed by atoms with E-state index in [0.29, 0.717) is 52.9 Å². The van der Waals surface area contributed by atoms with E-state index in [2.05, 4.69) is 35.8 Å². The monoisotopic (exact) mass is 1130 g/mol. The van der Waals surface area contributed by atoms with Gasteiger partial charge in [-0.25, -0.2) is 19.6 Å². The number of nitrogens with zero attached hydrogens (tertiary/aromatic N) is 5. The Hall–Kier alpha value is -0.476. The molecule has 0 unspecified atom stereocenters. The van der Waals surface area contributed by atoms with E-state index in [1.807, 2.05) is 47.6 Å². The number of aromatic amines is 1. The zero-order chi connectivity index (χ0) is 41.6. The normalized spacial score (nSPS) is 14.4. The minimum Gasteiger partial charge on any atom is -1.00 e. The topological polar surface area (TPSA) is 209 Å². The molecule has 2 fully saturated rings. The molecule has 2 aliphatic rings. The fourth-order valence-electron chi connectivity index (χ4n) is 5.60. The average molecular weight is 1130 g/mol. The van der Waals surface area contributed by atoms with Crippen LogP contribution in [0.15, 0.2) is 58.1 Å². The van der Waals surface area contributed by atoms with Gasteiger partial charge in [0.1, 0.15) is 27.6 Å². The van der Waals surface area contributed by atoms with Crippen LogP contribution in [0.25, 0.3) is 22.1 Å². The summed E-state index contributed by atoms with van der Waals surface area (Å²) in [6.07, 6.45) is 2.84. The molecule has 0 spiro atoms. The predicted molar refractivity (Wildman–Crippen MR) is 213 cm³/mol. The number of H-pyrrole nitrogens is 1. The van der Waals surface area contributed by atoms with Crippen molar-refractivity contribution in [2.24, 2.45) is 0 Å². The van der Waals surface area contributed by atoms with Crippen molar-refractivity contribution in [2.45, 2.75) is 95.9 Å². The maximum atomic E-state index is 12.5. The number of aromatic nitrogens is 4. The third-order valence-electron chi connectivity index (χ3n) is 8.14. The number of carbonyl (C=O) groups excluding carboxylic acids is 3. The number of pyridine rings is 4. The quantitative estimate of drug-likeness (QED) is 0.0865. The summed E-state index contributed by atoms with van der Waals surface area (Å²) < 4.78 is 12.4. The molecular formula is C38H50BrClCs2N6O10. The second kappa shape index (κ2) is 26.9. The summed E-state index contributed by atoms with van der Waals surface area (Å²) in [6.45, 7) is 13.5. The number of fused-ring (bicyclic) bond motifs is 2. The number of aliphatic hydroxyl groups is 1. The van der Waals surface area contributed by atoms with Gasteiger partial charge in [-0.3, -0.25) is 19.0 Å². The molecule has 2 saturated heterocycles. The van der Waals surface area contributed by atoms with Gasteiger partial charge in [-0.15, -0.1) is 0 Å². The number of halogens is 2. The van der Waals surface area contributed by atoms with Crippen LogP contribution in [0.2, 0.25) is 5.15 Å². The third-order valence-corrected chi connectivity index (χ3v) is 9.27. The van der Waals surface area contributed by atoms with Crippen LogP contribution in [0, 0.1) is 0 Å². The largest absolute Gasteiger partial charge is 1.00 e. The minimum atomic E-state index is -0.523. The molecule has 0 saturated carbocycles. The number of amides is 2. The number of ether oxygens (including phenoxy) is 2. The molecular weight excluding hydrogens is 1080 g/mol. The van der Waals surface area contributed by atoms with Crippen LogP contribution in [-0.2, 0) is 25.8 Å². The van der Waals surface area contributed by atoms with E-state index < -0.39 is 5.60 Å². The van der Waals surface area contributed by atoms with Crippen LogP contribution >= 0.6 is 27.5 Å². The van der Waals surface area contributed by atoms with Crippen molar-refractivity contribution >= 4 is 68.3 Å². The zero-order valence-electron chi connectivity index (χ0n) is 35.3. The fourth-order valence-corrected chi connectivity index (χ4v) is 6.16. The number of hydrogen-bond acceptors (Lipinski definition) is 12. The molecule has 6 rings (SSSR count). The minimum absolute atomic E-state index is 0. The van der Waals surface area contributed by atoms with Gasteiger partial charge in [0.15, 0.2) is 0 Å². The Balaban J connectivity index is 0.000000865. The van der Waals surface area contributed by atoms with Crippen molar-refractivity contribution in [3.8, 4) is 0 Å². The molecule has 16 nitrogen and oxygen atoms in total. The van der Waals surface area contributed by atoms with E-state index in [1.165, 1.54) is 6.07 Å². The maximum Gasteiger partial charge on any atom is 1.00 e. The molecule has 0 radical (unpaired) electrons. The summed E-state index contributed by atoms with van der Waals surface area (Å²) in [7, 11) is 0. The Kier molecular flexibility index (Phi) is 25.7. The Morgan fingerprint density at radius 1 is 0.862 bits per heavy atom. The molecule has 308 valence electrons. The summed E-state index contributed by atoms with van der Waals surface area (Å²) in [5.41, 5.74) is 0.443. The number of likely N-dealkylation sites (tertiary alicyclic amines) is 2. The van der Waals surface area contributed by atoms with Crippen LogP contribution in [-0.4, -0.2) is 95.3 Å². The van der Waals surface area contributed by atoms with Gasteiger partial charge in [-0.1, -0.05) is 27.5 Å². The molecule has 58 heavy (non-hydrogen) atoms. The van der Waals surface area contributed by atoms with E-state index in [1.54, 1.807) is 50.8 Å². The van der Waals surface area contributed by atoms with E-state index in [9.17, 15) is 24.3 Å². The van der Waals surface area contributed by atoms with Crippen molar-refractivity contribution in [1.29, 1.82) is 0 Å². The first-order valence-electron chi connectivity index (χ1n) is 17.9. The van der Waals surface area contributed by atoms with E-state index >= 15 is 0 Å². The molecule has 0 atom stereocenters. The van der Waals surface area contributed by atoms with E-state index in [0.717, 1.165) is 36.7 Å². The summed E-state index contributed by atoms with van der Waals surface area (Å²) in [6, 6.07) is 13.5. The first-order chi connectivity index (χ1) is 26.3. The van der Waals surface area contributed by atoms with Crippen molar-refractivity contribution in [3.05, 3.63) is 80.1 Å². The summed E-state index contributed by atoms with van der Waals surface area (Å²) in [5, 5.41) is 19.9. The first-order valence-corrected chi connectivity index (χ1v) is 19.2. The SMILES string of the molecule is CC(C)(C)OC(=O)N1CCC(Br)CC1.CC(C)(C)OC(=O)N1CCC(n2c(=O)ccc3ccc(CO)nc32)CC1.O=CO[O-].O=c1ccc2ccc(Cl)nc2[nH]1.[Cs+].[Cs+].[H-]. The van der Waals surface area contributed by atoms with E-state index in [4.69, 9.17) is 31.1 Å². The fraction of sp³-hybridized carbons (Fsp3) is 0.500. The molecule has 4 aromatic heterocycles. The molecule has 0 bridgehead atoms. The number of rotatable bonds is 3.